The molecule has 0 aliphatic carbocycles. The normalized spacial score (nSPS) is 18.2. The Morgan fingerprint density at radius 1 is 1.24 bits per heavy atom. The zero-order valence-electron chi connectivity index (χ0n) is 14.9. The van der Waals surface area contributed by atoms with Crippen LogP contribution in [0.3, 0.4) is 0 Å². The first kappa shape index (κ1) is 17.5. The van der Waals surface area contributed by atoms with Crippen LogP contribution in [0.2, 0.25) is 0 Å². The van der Waals surface area contributed by atoms with E-state index in [2.05, 4.69) is 12.0 Å². The van der Waals surface area contributed by atoms with Crippen molar-refractivity contribution in [3.8, 4) is 0 Å². The fraction of sp³-hybridized carbons (Fsp3) is 0.526. The first-order chi connectivity index (χ1) is 12.1. The Hall–Kier alpha value is -2.37. The van der Waals surface area contributed by atoms with Crippen LogP contribution in [0.4, 0.5) is 0 Å². The number of carbonyl (C=O) groups is 1. The lowest BCUT2D eigenvalue weighted by atomic mass is 10.1. The number of amides is 1. The molecule has 25 heavy (non-hydrogen) atoms. The van der Waals surface area contributed by atoms with Gasteiger partial charge >= 0.3 is 0 Å². The van der Waals surface area contributed by atoms with Crippen LogP contribution < -0.4 is 5.56 Å². The summed E-state index contributed by atoms with van der Waals surface area (Å²) in [5.74, 6) is 1.70. The standard InChI is InChI=1S/C19H25N3O3/c1-3-15-9-10-17(25-15)16-7-5-4-6-12-21(16)19(24)13-22-18(23)11-8-14(2)20-22/h8-11,16H,3-7,12-13H2,1-2H3. The number of hydrogen-bond acceptors (Lipinski definition) is 4. The van der Waals surface area contributed by atoms with Crippen molar-refractivity contribution in [2.45, 2.75) is 58.5 Å². The molecule has 2 aromatic rings. The molecule has 6 nitrogen and oxygen atoms in total. The molecule has 0 aromatic carbocycles. The molecular formula is C19H25N3O3. The van der Waals surface area contributed by atoms with Gasteiger partial charge in [0.25, 0.3) is 5.56 Å². The molecule has 6 heteroatoms. The SMILES string of the molecule is CCc1ccc(C2CCCCCN2C(=O)Cn2nc(C)ccc2=O)o1. The number of rotatable bonds is 4. The predicted octanol–water partition coefficient (Wildman–Crippen LogP) is 2.85. The van der Waals surface area contributed by atoms with Crippen molar-refractivity contribution in [2.24, 2.45) is 0 Å². The Balaban J connectivity index is 1.84. The molecule has 134 valence electrons. The third kappa shape index (κ3) is 4.00. The van der Waals surface area contributed by atoms with Gasteiger partial charge in [-0.25, -0.2) is 4.68 Å². The van der Waals surface area contributed by atoms with Crippen molar-refractivity contribution in [3.05, 3.63) is 51.8 Å². The second-order valence-electron chi connectivity index (χ2n) is 6.58. The monoisotopic (exact) mass is 343 g/mol. The van der Waals surface area contributed by atoms with Crippen LogP contribution in [0, 0.1) is 6.92 Å². The summed E-state index contributed by atoms with van der Waals surface area (Å²) >= 11 is 0. The number of likely N-dealkylation sites (tertiary alicyclic amines) is 1. The maximum absolute atomic E-state index is 12.9. The highest BCUT2D eigenvalue weighted by molar-refractivity contribution is 5.76. The van der Waals surface area contributed by atoms with E-state index in [4.69, 9.17) is 4.42 Å². The van der Waals surface area contributed by atoms with E-state index in [0.717, 1.165) is 49.3 Å². The minimum atomic E-state index is -0.253. The molecule has 0 spiro atoms. The molecule has 1 atom stereocenters. The van der Waals surface area contributed by atoms with Crippen molar-refractivity contribution in [2.75, 3.05) is 6.54 Å². The Labute approximate surface area is 147 Å². The van der Waals surface area contributed by atoms with E-state index in [-0.39, 0.29) is 24.1 Å². The highest BCUT2D eigenvalue weighted by Gasteiger charge is 2.29. The number of aromatic nitrogens is 2. The van der Waals surface area contributed by atoms with E-state index < -0.39 is 0 Å². The second kappa shape index (κ2) is 7.68. The van der Waals surface area contributed by atoms with Crippen LogP contribution >= 0.6 is 0 Å². The van der Waals surface area contributed by atoms with Gasteiger partial charge in [0.1, 0.15) is 18.1 Å². The average molecular weight is 343 g/mol. The molecule has 1 amide bonds. The number of hydrogen-bond donors (Lipinski definition) is 0. The smallest absolute Gasteiger partial charge is 0.267 e. The Morgan fingerprint density at radius 2 is 2.08 bits per heavy atom. The number of carbonyl (C=O) groups excluding carboxylic acids is 1. The lowest BCUT2D eigenvalue weighted by Crippen LogP contribution is -2.39. The molecule has 1 saturated heterocycles. The molecule has 1 fully saturated rings. The highest BCUT2D eigenvalue weighted by Crippen LogP contribution is 2.31. The topological polar surface area (TPSA) is 68.3 Å². The lowest BCUT2D eigenvalue weighted by Gasteiger charge is -2.28. The van der Waals surface area contributed by atoms with Crippen molar-refractivity contribution in [3.63, 3.8) is 0 Å². The van der Waals surface area contributed by atoms with Crippen LogP contribution in [0.25, 0.3) is 0 Å². The van der Waals surface area contributed by atoms with Gasteiger partial charge in [0.2, 0.25) is 5.91 Å². The summed E-state index contributed by atoms with van der Waals surface area (Å²) in [4.78, 5) is 26.8. The van der Waals surface area contributed by atoms with Crippen molar-refractivity contribution in [1.82, 2.24) is 14.7 Å². The van der Waals surface area contributed by atoms with Gasteiger partial charge in [-0.05, 0) is 38.0 Å². The minimum absolute atomic E-state index is 0.0294. The minimum Gasteiger partial charge on any atom is -0.464 e. The maximum Gasteiger partial charge on any atom is 0.267 e. The summed E-state index contributed by atoms with van der Waals surface area (Å²) in [5.41, 5.74) is 0.468. The number of aryl methyl sites for hydroxylation is 2. The summed E-state index contributed by atoms with van der Waals surface area (Å²) in [5, 5.41) is 4.18. The fourth-order valence-corrected chi connectivity index (χ4v) is 3.35. The summed E-state index contributed by atoms with van der Waals surface area (Å²) in [6, 6.07) is 7.01. The summed E-state index contributed by atoms with van der Waals surface area (Å²) in [6.45, 7) is 4.52. The average Bonchev–Trinajstić information content (AvgIpc) is 2.94. The molecule has 1 aliphatic rings. The molecule has 3 heterocycles. The lowest BCUT2D eigenvalue weighted by molar-refractivity contribution is -0.135. The summed E-state index contributed by atoms with van der Waals surface area (Å²) in [7, 11) is 0. The number of nitrogens with zero attached hydrogens (tertiary/aromatic N) is 3. The van der Waals surface area contributed by atoms with Gasteiger partial charge in [-0.1, -0.05) is 19.8 Å². The third-order valence-corrected chi connectivity index (χ3v) is 4.72. The van der Waals surface area contributed by atoms with Gasteiger partial charge < -0.3 is 9.32 Å². The van der Waals surface area contributed by atoms with E-state index in [1.165, 1.54) is 10.7 Å². The van der Waals surface area contributed by atoms with Gasteiger partial charge in [0.15, 0.2) is 0 Å². The molecule has 3 rings (SSSR count). The van der Waals surface area contributed by atoms with Gasteiger partial charge in [0, 0.05) is 19.0 Å². The zero-order chi connectivity index (χ0) is 17.8. The zero-order valence-corrected chi connectivity index (χ0v) is 14.9. The largest absolute Gasteiger partial charge is 0.464 e. The maximum atomic E-state index is 12.9. The molecule has 2 aromatic heterocycles. The fourth-order valence-electron chi connectivity index (χ4n) is 3.35. The Kier molecular flexibility index (Phi) is 5.36. The van der Waals surface area contributed by atoms with Gasteiger partial charge in [0.05, 0.1) is 11.7 Å². The van der Waals surface area contributed by atoms with Crippen LogP contribution in [0.15, 0.2) is 33.5 Å². The van der Waals surface area contributed by atoms with Crippen molar-refractivity contribution in [1.29, 1.82) is 0 Å². The van der Waals surface area contributed by atoms with Crippen LogP contribution in [-0.2, 0) is 17.8 Å². The number of furan rings is 1. The molecule has 0 saturated carbocycles. The second-order valence-corrected chi connectivity index (χ2v) is 6.58. The van der Waals surface area contributed by atoms with Gasteiger partial charge in [-0.15, -0.1) is 0 Å². The van der Waals surface area contributed by atoms with Crippen molar-refractivity contribution < 1.29 is 9.21 Å². The first-order valence-corrected chi connectivity index (χ1v) is 9.01. The first-order valence-electron chi connectivity index (χ1n) is 9.01. The molecule has 1 aliphatic heterocycles. The van der Waals surface area contributed by atoms with E-state index >= 15 is 0 Å². The summed E-state index contributed by atoms with van der Waals surface area (Å²) < 4.78 is 7.17. The van der Waals surface area contributed by atoms with Crippen molar-refractivity contribution >= 4 is 5.91 Å². The summed E-state index contributed by atoms with van der Waals surface area (Å²) in [6.07, 6.45) is 4.87. The van der Waals surface area contributed by atoms with E-state index in [1.807, 2.05) is 24.0 Å². The Bertz CT molecular complexity index is 793. The van der Waals surface area contributed by atoms with Crippen LogP contribution in [0.5, 0.6) is 0 Å². The molecule has 0 bridgehead atoms. The Morgan fingerprint density at radius 3 is 2.84 bits per heavy atom. The van der Waals surface area contributed by atoms with Gasteiger partial charge in [-0.2, -0.15) is 5.10 Å². The quantitative estimate of drug-likeness (QED) is 0.856. The highest BCUT2D eigenvalue weighted by atomic mass is 16.3. The molecule has 0 N–H and O–H groups in total. The van der Waals surface area contributed by atoms with E-state index in [9.17, 15) is 9.59 Å². The molecule has 1 unspecified atom stereocenters. The van der Waals surface area contributed by atoms with E-state index in [0.29, 0.717) is 6.54 Å². The molecular weight excluding hydrogens is 318 g/mol. The molecule has 0 radical (unpaired) electrons. The van der Waals surface area contributed by atoms with E-state index in [1.54, 1.807) is 6.07 Å². The predicted molar refractivity (Wildman–Crippen MR) is 94.2 cm³/mol. The van der Waals surface area contributed by atoms with Crippen LogP contribution in [0.1, 0.15) is 55.9 Å². The van der Waals surface area contributed by atoms with Gasteiger partial charge in [-0.3, -0.25) is 9.59 Å². The third-order valence-electron chi connectivity index (χ3n) is 4.72. The van der Waals surface area contributed by atoms with Crippen LogP contribution in [-0.4, -0.2) is 27.1 Å².